The molecule has 0 spiro atoms. The Hall–Kier alpha value is -1.06. The van der Waals surface area contributed by atoms with E-state index < -0.39 is 0 Å². The van der Waals surface area contributed by atoms with E-state index in [1.165, 1.54) is 36.9 Å². The summed E-state index contributed by atoms with van der Waals surface area (Å²) in [5.41, 5.74) is 2.97. The number of benzene rings is 1. The molecule has 3 heteroatoms. The molecule has 2 heterocycles. The summed E-state index contributed by atoms with van der Waals surface area (Å²) in [6.45, 7) is 3.42. The van der Waals surface area contributed by atoms with Crippen LogP contribution in [0.1, 0.15) is 43.7 Å². The zero-order valence-corrected chi connectivity index (χ0v) is 12.6. The zero-order valence-electron chi connectivity index (χ0n) is 12.6. The van der Waals surface area contributed by atoms with Gasteiger partial charge in [-0.1, -0.05) is 6.07 Å². The fourth-order valence-electron chi connectivity index (χ4n) is 5.34. The molecule has 1 aromatic rings. The van der Waals surface area contributed by atoms with Crippen molar-refractivity contribution in [2.45, 2.75) is 68.7 Å². The van der Waals surface area contributed by atoms with Crippen LogP contribution in [0.4, 0.5) is 0 Å². The van der Waals surface area contributed by atoms with Crippen LogP contribution in [0, 0.1) is 0 Å². The molecule has 4 atom stereocenters. The quantitative estimate of drug-likeness (QED) is 0.861. The van der Waals surface area contributed by atoms with Gasteiger partial charge in [0.15, 0.2) is 0 Å². The maximum Gasteiger partial charge on any atom is 0.115 e. The Kier molecular flexibility index (Phi) is 2.39. The lowest BCUT2D eigenvalue weighted by Crippen LogP contribution is -2.62. The van der Waals surface area contributed by atoms with Crippen LogP contribution >= 0.6 is 0 Å². The molecule has 1 unspecified atom stereocenters. The summed E-state index contributed by atoms with van der Waals surface area (Å²) in [6, 6.07) is 7.38. The third kappa shape index (κ3) is 1.62. The summed E-state index contributed by atoms with van der Waals surface area (Å²) in [5, 5.41) is 9.97. The lowest BCUT2D eigenvalue weighted by Gasteiger charge is -2.53. The smallest absolute Gasteiger partial charge is 0.115 e. The largest absolute Gasteiger partial charge is 0.508 e. The molecule has 112 valence electrons. The Balaban J connectivity index is 1.66. The maximum atomic E-state index is 9.97. The van der Waals surface area contributed by atoms with Crippen molar-refractivity contribution in [3.8, 4) is 5.75 Å². The van der Waals surface area contributed by atoms with Crippen LogP contribution in [-0.2, 0) is 16.6 Å². The zero-order chi connectivity index (χ0) is 14.2. The van der Waals surface area contributed by atoms with Gasteiger partial charge in [-0.2, -0.15) is 0 Å². The summed E-state index contributed by atoms with van der Waals surface area (Å²) in [4.78, 5) is 2.73. The number of hydrogen-bond donors (Lipinski definition) is 1. The molecule has 21 heavy (non-hydrogen) atoms. The van der Waals surface area contributed by atoms with Gasteiger partial charge in [-0.25, -0.2) is 0 Å². The Morgan fingerprint density at radius 1 is 1.33 bits per heavy atom. The normalized spacial score (nSPS) is 41.7. The second-order valence-corrected chi connectivity index (χ2v) is 7.56. The van der Waals surface area contributed by atoms with E-state index in [1.54, 1.807) is 0 Å². The number of phenols is 1. The van der Waals surface area contributed by atoms with Crippen molar-refractivity contribution >= 4 is 0 Å². The predicted molar refractivity (Wildman–Crippen MR) is 80.6 cm³/mol. The van der Waals surface area contributed by atoms with Gasteiger partial charge < -0.3 is 9.84 Å². The highest BCUT2D eigenvalue weighted by Gasteiger charge is 2.59. The first-order chi connectivity index (χ1) is 10.2. The molecule has 0 radical (unpaired) electrons. The van der Waals surface area contributed by atoms with Crippen molar-refractivity contribution in [1.82, 2.24) is 4.90 Å². The minimum Gasteiger partial charge on any atom is -0.508 e. The molecule has 2 aliphatic carbocycles. The molecule has 2 saturated heterocycles. The molecule has 4 aliphatic rings. The number of rotatable bonds is 1. The van der Waals surface area contributed by atoms with E-state index in [4.69, 9.17) is 4.74 Å². The van der Waals surface area contributed by atoms with Crippen LogP contribution < -0.4 is 0 Å². The van der Waals surface area contributed by atoms with Crippen LogP contribution in [0.25, 0.3) is 0 Å². The first kappa shape index (κ1) is 12.5. The third-order valence-electron chi connectivity index (χ3n) is 6.24. The molecule has 1 saturated carbocycles. The van der Waals surface area contributed by atoms with Crippen LogP contribution in [0.2, 0.25) is 0 Å². The number of hydrogen-bond acceptors (Lipinski definition) is 3. The van der Waals surface area contributed by atoms with E-state index in [2.05, 4.69) is 17.9 Å². The Labute approximate surface area is 125 Å². The minimum absolute atomic E-state index is 0.155. The highest BCUT2D eigenvalue weighted by molar-refractivity contribution is 5.46. The van der Waals surface area contributed by atoms with Crippen molar-refractivity contribution in [2.75, 3.05) is 6.54 Å². The van der Waals surface area contributed by atoms with Crippen molar-refractivity contribution in [1.29, 1.82) is 0 Å². The van der Waals surface area contributed by atoms with Crippen molar-refractivity contribution < 1.29 is 9.84 Å². The van der Waals surface area contributed by atoms with Gasteiger partial charge in [-0.05, 0) is 68.8 Å². The molecule has 3 nitrogen and oxygen atoms in total. The van der Waals surface area contributed by atoms with Gasteiger partial charge in [0.2, 0.25) is 0 Å². The lowest BCUT2D eigenvalue weighted by atomic mass is 9.61. The van der Waals surface area contributed by atoms with Gasteiger partial charge >= 0.3 is 0 Å². The van der Waals surface area contributed by atoms with Gasteiger partial charge in [0.25, 0.3) is 0 Å². The first-order valence-electron chi connectivity index (χ1n) is 8.41. The fraction of sp³-hybridized carbons (Fsp3) is 0.667. The molecule has 5 rings (SSSR count). The average Bonchev–Trinajstić information content (AvgIpc) is 3.21. The van der Waals surface area contributed by atoms with Gasteiger partial charge in [0.1, 0.15) is 5.75 Å². The Morgan fingerprint density at radius 3 is 3.00 bits per heavy atom. The van der Waals surface area contributed by atoms with E-state index in [9.17, 15) is 5.11 Å². The number of likely N-dealkylation sites (tertiary alicyclic amines) is 1. The number of aromatic hydroxyl groups is 1. The summed E-state index contributed by atoms with van der Waals surface area (Å²) in [6.07, 6.45) is 6.79. The number of ether oxygens (including phenoxy) is 1. The summed E-state index contributed by atoms with van der Waals surface area (Å²) in [5.74, 6) is 0.407. The molecule has 0 amide bonds. The van der Waals surface area contributed by atoms with E-state index >= 15 is 0 Å². The van der Waals surface area contributed by atoms with Crippen LogP contribution in [-0.4, -0.2) is 40.8 Å². The van der Waals surface area contributed by atoms with Crippen LogP contribution in [0.3, 0.4) is 0 Å². The Bertz CT molecular complexity index is 597. The standard InChI is InChI=1S/C18H23NO2/c1-11-10-18-6-7-19(13-3-4-13)16(17(18)21-11)8-12-2-5-14(20)9-15(12)18/h2,5,9,11,13,16-17,20H,3-4,6-8,10H2,1H3/t11?,16-,17-,18-/m1/s1. The highest BCUT2D eigenvalue weighted by Crippen LogP contribution is 2.55. The third-order valence-corrected chi connectivity index (χ3v) is 6.24. The second kappa shape index (κ2) is 4.02. The van der Waals surface area contributed by atoms with Gasteiger partial charge in [-0.3, -0.25) is 4.90 Å². The molecule has 1 aromatic carbocycles. The summed E-state index contributed by atoms with van der Waals surface area (Å²) in [7, 11) is 0. The lowest BCUT2D eigenvalue weighted by molar-refractivity contribution is -0.0628. The number of phenolic OH excluding ortho intramolecular Hbond substituents is 1. The summed E-state index contributed by atoms with van der Waals surface area (Å²) >= 11 is 0. The van der Waals surface area contributed by atoms with E-state index in [1.807, 2.05) is 12.1 Å². The number of nitrogens with zero attached hydrogens (tertiary/aromatic N) is 1. The molecule has 3 fully saturated rings. The SMILES string of the molecule is CC1C[C@]23CCN(C4CC4)[C@H](Cc4ccc(O)cc42)[C@H]3O1. The van der Waals surface area contributed by atoms with Crippen molar-refractivity contribution in [3.05, 3.63) is 29.3 Å². The number of piperidine rings is 1. The number of fused-ring (bicyclic) bond motifs is 1. The van der Waals surface area contributed by atoms with Crippen LogP contribution in [0.15, 0.2) is 18.2 Å². The highest BCUT2D eigenvalue weighted by atomic mass is 16.5. The van der Waals surface area contributed by atoms with E-state index in [0.29, 0.717) is 24.0 Å². The minimum atomic E-state index is 0.155. The van der Waals surface area contributed by atoms with Gasteiger partial charge in [-0.15, -0.1) is 0 Å². The monoisotopic (exact) mass is 285 g/mol. The topological polar surface area (TPSA) is 32.7 Å². The van der Waals surface area contributed by atoms with Gasteiger partial charge in [0.05, 0.1) is 12.2 Å². The molecule has 1 N–H and O–H groups in total. The molecule has 2 aliphatic heterocycles. The molecule has 2 bridgehead atoms. The average molecular weight is 285 g/mol. The maximum absolute atomic E-state index is 9.97. The van der Waals surface area contributed by atoms with E-state index in [0.717, 1.165) is 18.9 Å². The predicted octanol–water partition coefficient (Wildman–Crippen LogP) is 2.60. The van der Waals surface area contributed by atoms with E-state index in [-0.39, 0.29) is 5.41 Å². The second-order valence-electron chi connectivity index (χ2n) is 7.56. The summed E-state index contributed by atoms with van der Waals surface area (Å²) < 4.78 is 6.40. The van der Waals surface area contributed by atoms with Crippen LogP contribution in [0.5, 0.6) is 5.75 Å². The van der Waals surface area contributed by atoms with Gasteiger partial charge in [0, 0.05) is 17.5 Å². The first-order valence-corrected chi connectivity index (χ1v) is 8.41. The molecule has 0 aromatic heterocycles. The molecular weight excluding hydrogens is 262 g/mol. The van der Waals surface area contributed by atoms with Crippen molar-refractivity contribution in [2.24, 2.45) is 0 Å². The Morgan fingerprint density at radius 2 is 2.19 bits per heavy atom. The molecular formula is C18H23NO2. The fourth-order valence-corrected chi connectivity index (χ4v) is 5.34. The van der Waals surface area contributed by atoms with Crippen molar-refractivity contribution in [3.63, 3.8) is 0 Å².